The summed E-state index contributed by atoms with van der Waals surface area (Å²) < 4.78 is 0. The van der Waals surface area contributed by atoms with Crippen molar-refractivity contribution >= 4 is 65.1 Å². The predicted octanol–water partition coefficient (Wildman–Crippen LogP) is -1.49. The Kier molecular flexibility index (Phi) is 29.8. The van der Waals surface area contributed by atoms with Gasteiger partial charge in [0.2, 0.25) is 53.2 Å². The van der Waals surface area contributed by atoms with Crippen LogP contribution in [0.15, 0.2) is 0 Å². The molecule has 424 valence electrons. The zero-order valence-corrected chi connectivity index (χ0v) is 45.8. The monoisotopic (exact) mass is 1060 g/mol. The first-order chi connectivity index (χ1) is 34.2. The summed E-state index contributed by atoms with van der Waals surface area (Å²) in [5, 5.41) is 62.3. The molecule has 0 saturated carbocycles. The Bertz CT molecular complexity index is 1930. The number of aliphatic carboxylic acids is 2. The second-order valence-corrected chi connectivity index (χ2v) is 20.5. The van der Waals surface area contributed by atoms with Gasteiger partial charge in [0.15, 0.2) is 0 Å². The van der Waals surface area contributed by atoms with E-state index in [1.165, 1.54) is 27.7 Å². The lowest BCUT2D eigenvalue weighted by molar-refractivity contribution is -0.143. The summed E-state index contributed by atoms with van der Waals surface area (Å²) in [4.78, 5) is 146. The van der Waals surface area contributed by atoms with Gasteiger partial charge in [-0.1, -0.05) is 102 Å². The average Bonchev–Trinajstić information content (AvgIpc) is 3.31. The van der Waals surface area contributed by atoms with Gasteiger partial charge in [-0.25, -0.2) is 4.79 Å². The van der Waals surface area contributed by atoms with Crippen LogP contribution < -0.4 is 53.6 Å². The average molecular weight is 1060 g/mol. The van der Waals surface area contributed by atoms with Crippen molar-refractivity contribution in [3.8, 4) is 0 Å². The van der Waals surface area contributed by atoms with E-state index < -0.39 is 168 Å². The largest absolute Gasteiger partial charge is 0.481 e. The maximum Gasteiger partial charge on any atom is 0.326 e. The summed E-state index contributed by atoms with van der Waals surface area (Å²) >= 11 is 0. The molecule has 0 saturated heterocycles. The van der Waals surface area contributed by atoms with Gasteiger partial charge in [0.1, 0.15) is 54.4 Å². The minimum absolute atomic E-state index is 0.0627. The molecule has 25 heteroatoms. The molecular formula is C49H88N10O15. The number of amides is 9. The van der Waals surface area contributed by atoms with E-state index in [0.29, 0.717) is 19.3 Å². The second-order valence-electron chi connectivity index (χ2n) is 20.5. The minimum Gasteiger partial charge on any atom is -0.481 e. The lowest BCUT2D eigenvalue weighted by Crippen LogP contribution is -2.63. The Hall–Kier alpha value is -5.95. The molecule has 0 heterocycles. The molecule has 9 amide bonds. The number of hydrogen-bond acceptors (Lipinski definition) is 14. The van der Waals surface area contributed by atoms with E-state index in [4.69, 9.17) is 5.73 Å². The molecule has 0 aliphatic heterocycles. The molecule has 0 aromatic rings. The molecule has 0 fully saturated rings. The molecule has 0 aliphatic rings. The van der Waals surface area contributed by atoms with Crippen molar-refractivity contribution < 1.29 is 73.2 Å². The number of carbonyl (C=O) groups is 11. The standard InChI is InChI=1S/C49H88N10O15/c1-16-24(10)33(50)42(66)56-37(26(12)18-3)46(70)55-35(23(8)9)44(68)59-39(29(15)61)47(71)52-30(20-32(62)63)41(65)54-34(22(6)7)43(67)57-36(25(11)17-2)45(69)51-27(13)40(64)58-38(28(14)60)48(72)53-31(49(73)74)19-21(4)5/h21-31,33-39,60-61H,16-20,50H2,1-15H3,(H,51,69)(H,52,71)(H,53,72)(H,54,65)(H,55,70)(H,56,66)(H,57,67)(H,58,64)(H,59,68)(H,62,63)(H,73,74)/t24-,25-,26-,27-,28+,29+,30-,31-,33-,34-,35-,36-,37-,38-,39-/m0/s1. The molecule has 0 aromatic carbocycles. The zero-order valence-electron chi connectivity index (χ0n) is 45.8. The van der Waals surface area contributed by atoms with Crippen LogP contribution in [-0.4, -0.2) is 158 Å². The summed E-state index contributed by atoms with van der Waals surface area (Å²) in [5.74, 6) is -13.9. The SMILES string of the molecule is CC[C@H](C)[C@H](N)C(=O)N[C@H](C(=O)N[C@H](C(=O)N[C@H](C(=O)N[C@@H](CC(=O)O)C(=O)N[C@H](C(=O)N[C@H](C(=O)N[C@@H](C)C(=O)N[C@H](C(=O)N[C@@H](CC(C)C)C(=O)O)[C@@H](C)O)[C@@H](C)CC)C(C)C)[C@@H](C)O)C(C)C)[C@@H](C)CC. The highest BCUT2D eigenvalue weighted by Gasteiger charge is 2.39. The van der Waals surface area contributed by atoms with Gasteiger partial charge in [0, 0.05) is 0 Å². The molecule has 0 aliphatic carbocycles. The molecule has 15 atom stereocenters. The molecule has 15 N–H and O–H groups in total. The van der Waals surface area contributed by atoms with Crippen molar-refractivity contribution in [3.63, 3.8) is 0 Å². The number of rotatable bonds is 33. The third-order valence-electron chi connectivity index (χ3n) is 12.9. The fourth-order valence-electron chi connectivity index (χ4n) is 7.28. The third kappa shape index (κ3) is 22.3. The lowest BCUT2D eigenvalue weighted by atomic mass is 9.94. The van der Waals surface area contributed by atoms with Crippen LogP contribution in [0.4, 0.5) is 0 Å². The van der Waals surface area contributed by atoms with E-state index in [1.807, 2.05) is 6.92 Å². The van der Waals surface area contributed by atoms with Gasteiger partial charge >= 0.3 is 11.9 Å². The Morgan fingerprint density at radius 1 is 0.392 bits per heavy atom. The number of aliphatic hydroxyl groups excluding tert-OH is 2. The van der Waals surface area contributed by atoms with E-state index in [2.05, 4.69) is 47.9 Å². The van der Waals surface area contributed by atoms with Gasteiger partial charge in [0.25, 0.3) is 0 Å². The number of carboxylic acids is 2. The molecule has 0 unspecified atom stereocenters. The van der Waals surface area contributed by atoms with Gasteiger partial charge in [-0.2, -0.15) is 0 Å². The van der Waals surface area contributed by atoms with E-state index in [1.54, 1.807) is 62.3 Å². The zero-order chi connectivity index (χ0) is 57.6. The van der Waals surface area contributed by atoms with Crippen molar-refractivity contribution in [2.75, 3.05) is 0 Å². The van der Waals surface area contributed by atoms with Crippen LogP contribution in [0.3, 0.4) is 0 Å². The lowest BCUT2D eigenvalue weighted by Gasteiger charge is -2.31. The summed E-state index contributed by atoms with van der Waals surface area (Å²) in [5.41, 5.74) is 6.11. The minimum atomic E-state index is -1.90. The Labute approximate surface area is 434 Å². The fourth-order valence-corrected chi connectivity index (χ4v) is 7.28. The van der Waals surface area contributed by atoms with Crippen LogP contribution in [0.1, 0.15) is 136 Å². The first-order valence-corrected chi connectivity index (χ1v) is 25.5. The fraction of sp³-hybridized carbons (Fsp3) is 0.776. The molecule has 0 radical (unpaired) electrons. The maximum absolute atomic E-state index is 13.9. The number of hydrogen-bond donors (Lipinski definition) is 14. The second kappa shape index (κ2) is 32.4. The number of aliphatic hydroxyl groups is 2. The van der Waals surface area contributed by atoms with Crippen molar-refractivity contribution in [3.05, 3.63) is 0 Å². The predicted molar refractivity (Wildman–Crippen MR) is 272 cm³/mol. The highest BCUT2D eigenvalue weighted by Crippen LogP contribution is 2.15. The van der Waals surface area contributed by atoms with Gasteiger partial charge in [-0.3, -0.25) is 47.9 Å². The topological polar surface area (TPSA) is 403 Å². The van der Waals surface area contributed by atoms with Crippen molar-refractivity contribution in [1.82, 2.24) is 47.9 Å². The molecule has 0 spiro atoms. The van der Waals surface area contributed by atoms with Crippen LogP contribution in [0.25, 0.3) is 0 Å². The molecule has 74 heavy (non-hydrogen) atoms. The smallest absolute Gasteiger partial charge is 0.326 e. The highest BCUT2D eigenvalue weighted by atomic mass is 16.4. The van der Waals surface area contributed by atoms with Gasteiger partial charge < -0.3 is 74.0 Å². The summed E-state index contributed by atoms with van der Waals surface area (Å²) in [7, 11) is 0. The number of nitrogens with two attached hydrogens (primary N) is 1. The van der Waals surface area contributed by atoms with Crippen LogP contribution in [0, 0.1) is 35.5 Å². The molecule has 0 rings (SSSR count). The number of carbonyl (C=O) groups excluding carboxylic acids is 9. The van der Waals surface area contributed by atoms with E-state index in [9.17, 15) is 73.2 Å². The molecule has 0 aromatic heterocycles. The normalized spacial score (nSPS) is 17.6. The van der Waals surface area contributed by atoms with Crippen molar-refractivity contribution in [2.45, 2.75) is 209 Å². The molecule has 25 nitrogen and oxygen atoms in total. The van der Waals surface area contributed by atoms with Crippen LogP contribution in [0.5, 0.6) is 0 Å². The van der Waals surface area contributed by atoms with E-state index >= 15 is 0 Å². The van der Waals surface area contributed by atoms with Crippen LogP contribution in [-0.2, 0) is 52.7 Å². The highest BCUT2D eigenvalue weighted by molar-refractivity contribution is 5.99. The van der Waals surface area contributed by atoms with E-state index in [0.717, 1.165) is 6.92 Å². The molecular weight excluding hydrogens is 969 g/mol. The number of carboxylic acid groups (broad SMARTS) is 2. The summed E-state index contributed by atoms with van der Waals surface area (Å²) in [6, 6.07) is -14.2. The Balaban J connectivity index is 6.40. The van der Waals surface area contributed by atoms with Crippen molar-refractivity contribution in [1.29, 1.82) is 0 Å². The van der Waals surface area contributed by atoms with Gasteiger partial charge in [-0.15, -0.1) is 0 Å². The van der Waals surface area contributed by atoms with E-state index in [-0.39, 0.29) is 18.3 Å². The third-order valence-corrected chi connectivity index (χ3v) is 12.9. The maximum atomic E-state index is 13.9. The Morgan fingerprint density at radius 3 is 1.08 bits per heavy atom. The van der Waals surface area contributed by atoms with Crippen LogP contribution >= 0.6 is 0 Å². The van der Waals surface area contributed by atoms with Crippen LogP contribution in [0.2, 0.25) is 0 Å². The Morgan fingerprint density at radius 2 is 0.716 bits per heavy atom. The quantitative estimate of drug-likeness (QED) is 0.0356. The summed E-state index contributed by atoms with van der Waals surface area (Å²) in [6.07, 6.45) is -2.74. The summed E-state index contributed by atoms with van der Waals surface area (Å²) in [6.45, 7) is 23.9. The molecule has 0 bridgehead atoms. The number of nitrogens with one attached hydrogen (secondary N) is 9. The van der Waals surface area contributed by atoms with Crippen molar-refractivity contribution in [2.24, 2.45) is 41.2 Å². The van der Waals surface area contributed by atoms with Gasteiger partial charge in [-0.05, 0) is 62.7 Å². The first kappa shape index (κ1) is 68.0. The first-order valence-electron chi connectivity index (χ1n) is 25.5. The van der Waals surface area contributed by atoms with Gasteiger partial charge in [0.05, 0.1) is 24.7 Å².